The molecule has 20 heavy (non-hydrogen) atoms. The zero-order chi connectivity index (χ0) is 14.2. The third-order valence-electron chi connectivity index (χ3n) is 4.08. The number of hydrogen-bond acceptors (Lipinski definition) is 3. The van der Waals surface area contributed by atoms with E-state index in [0.717, 1.165) is 42.6 Å². The van der Waals surface area contributed by atoms with Crippen molar-refractivity contribution in [2.24, 2.45) is 0 Å². The molecule has 1 aromatic carbocycles. The van der Waals surface area contributed by atoms with Gasteiger partial charge in [0, 0.05) is 42.7 Å². The predicted octanol–water partition coefficient (Wildman–Crippen LogP) is 3.07. The Morgan fingerprint density at radius 3 is 2.95 bits per heavy atom. The average molecular weight is 290 g/mol. The molecule has 0 saturated carbocycles. The highest BCUT2D eigenvalue weighted by Gasteiger charge is 2.29. The van der Waals surface area contributed by atoms with Crippen molar-refractivity contribution in [2.45, 2.75) is 25.9 Å². The van der Waals surface area contributed by atoms with Gasteiger partial charge in [-0.05, 0) is 26.0 Å². The van der Waals surface area contributed by atoms with Crippen LogP contribution in [0.15, 0.2) is 30.3 Å². The van der Waals surface area contributed by atoms with Crippen LogP contribution in [0.4, 0.5) is 0 Å². The molecular weight excluding hydrogens is 270 g/mol. The smallest absolute Gasteiger partial charge is 0.134 e. The van der Waals surface area contributed by atoms with Gasteiger partial charge in [0.25, 0.3) is 0 Å². The van der Waals surface area contributed by atoms with E-state index < -0.39 is 0 Å². The number of fused-ring (bicyclic) bond motifs is 1. The van der Waals surface area contributed by atoms with Crippen molar-refractivity contribution in [1.29, 1.82) is 0 Å². The van der Waals surface area contributed by atoms with Crippen molar-refractivity contribution < 1.29 is 0 Å². The van der Waals surface area contributed by atoms with E-state index >= 15 is 0 Å². The van der Waals surface area contributed by atoms with Crippen LogP contribution >= 0.6 is 11.6 Å². The van der Waals surface area contributed by atoms with E-state index in [9.17, 15) is 0 Å². The monoisotopic (exact) mass is 289 g/mol. The normalized spacial score (nSPS) is 19.4. The maximum absolute atomic E-state index is 6.36. The predicted molar refractivity (Wildman–Crippen MR) is 84.1 cm³/mol. The molecule has 2 aromatic rings. The van der Waals surface area contributed by atoms with Gasteiger partial charge in [-0.3, -0.25) is 4.90 Å². The van der Waals surface area contributed by atoms with Crippen LogP contribution in [-0.4, -0.2) is 35.1 Å². The Hall–Kier alpha value is -1.16. The van der Waals surface area contributed by atoms with E-state index in [1.165, 1.54) is 0 Å². The second-order valence-electron chi connectivity index (χ2n) is 6.04. The van der Waals surface area contributed by atoms with Gasteiger partial charge >= 0.3 is 0 Å². The molecule has 4 heteroatoms. The second kappa shape index (κ2) is 5.32. The molecule has 1 aromatic heterocycles. The molecule has 1 aliphatic rings. The van der Waals surface area contributed by atoms with E-state index in [1.807, 2.05) is 18.2 Å². The first kappa shape index (κ1) is 13.8. The largest absolute Gasteiger partial charge is 0.314 e. The van der Waals surface area contributed by atoms with E-state index in [-0.39, 0.29) is 5.54 Å². The molecule has 0 bridgehead atoms. The molecule has 106 valence electrons. The maximum Gasteiger partial charge on any atom is 0.134 e. The Bertz CT molecular complexity index is 624. The summed E-state index contributed by atoms with van der Waals surface area (Å²) >= 11 is 6.36. The molecule has 0 unspecified atom stereocenters. The quantitative estimate of drug-likeness (QED) is 0.861. The van der Waals surface area contributed by atoms with Crippen molar-refractivity contribution >= 4 is 22.5 Å². The molecule has 3 nitrogen and oxygen atoms in total. The van der Waals surface area contributed by atoms with Gasteiger partial charge in [-0.1, -0.05) is 29.8 Å². The van der Waals surface area contributed by atoms with Crippen LogP contribution in [-0.2, 0) is 6.54 Å². The number of rotatable bonds is 2. The summed E-state index contributed by atoms with van der Waals surface area (Å²) in [6.45, 7) is 8.46. The zero-order valence-electron chi connectivity index (χ0n) is 12.0. The van der Waals surface area contributed by atoms with Gasteiger partial charge in [-0.2, -0.15) is 0 Å². The molecule has 3 rings (SSSR count). The SMILES string of the molecule is CC1(C)CNCCN1Cc1cc2ccccc2nc1Cl. The lowest BCUT2D eigenvalue weighted by molar-refractivity contribution is 0.0827. The highest BCUT2D eigenvalue weighted by Crippen LogP contribution is 2.25. The summed E-state index contributed by atoms with van der Waals surface area (Å²) in [6.07, 6.45) is 0. The lowest BCUT2D eigenvalue weighted by atomic mass is 9.99. The number of aromatic nitrogens is 1. The molecule has 1 fully saturated rings. The van der Waals surface area contributed by atoms with E-state index in [2.05, 4.69) is 41.2 Å². The minimum atomic E-state index is 0.146. The molecule has 0 spiro atoms. The van der Waals surface area contributed by atoms with Gasteiger partial charge < -0.3 is 5.32 Å². The lowest BCUT2D eigenvalue weighted by Crippen LogP contribution is -2.57. The highest BCUT2D eigenvalue weighted by molar-refractivity contribution is 6.30. The number of para-hydroxylation sites is 1. The van der Waals surface area contributed by atoms with Crippen LogP contribution in [0.1, 0.15) is 19.4 Å². The van der Waals surface area contributed by atoms with Crippen LogP contribution in [0.3, 0.4) is 0 Å². The average Bonchev–Trinajstić information content (AvgIpc) is 2.41. The Kier molecular flexibility index (Phi) is 3.67. The van der Waals surface area contributed by atoms with Crippen molar-refractivity contribution in [2.75, 3.05) is 19.6 Å². The maximum atomic E-state index is 6.36. The van der Waals surface area contributed by atoms with E-state index in [1.54, 1.807) is 0 Å². The van der Waals surface area contributed by atoms with Gasteiger partial charge in [0.05, 0.1) is 5.52 Å². The second-order valence-corrected chi connectivity index (χ2v) is 6.40. The molecule has 1 saturated heterocycles. The van der Waals surface area contributed by atoms with Gasteiger partial charge in [0.2, 0.25) is 0 Å². The van der Waals surface area contributed by atoms with Crippen LogP contribution in [0.25, 0.3) is 10.9 Å². The van der Waals surface area contributed by atoms with Gasteiger partial charge in [0.15, 0.2) is 0 Å². The summed E-state index contributed by atoms with van der Waals surface area (Å²) < 4.78 is 0. The fraction of sp³-hybridized carbons (Fsp3) is 0.438. The van der Waals surface area contributed by atoms with Crippen molar-refractivity contribution in [3.05, 3.63) is 41.0 Å². The Balaban J connectivity index is 1.92. The Morgan fingerprint density at radius 1 is 1.35 bits per heavy atom. The highest BCUT2D eigenvalue weighted by atomic mass is 35.5. The Morgan fingerprint density at radius 2 is 2.15 bits per heavy atom. The summed E-state index contributed by atoms with van der Waals surface area (Å²) in [5, 5.41) is 5.22. The van der Waals surface area contributed by atoms with Crippen molar-refractivity contribution in [1.82, 2.24) is 15.2 Å². The van der Waals surface area contributed by atoms with Crippen molar-refractivity contribution in [3.63, 3.8) is 0 Å². The Labute approximate surface area is 124 Å². The molecule has 0 aliphatic carbocycles. The first-order chi connectivity index (χ1) is 9.56. The number of piperazine rings is 1. The zero-order valence-corrected chi connectivity index (χ0v) is 12.7. The van der Waals surface area contributed by atoms with Gasteiger partial charge in [0.1, 0.15) is 5.15 Å². The fourth-order valence-corrected chi connectivity index (χ4v) is 2.97. The third-order valence-corrected chi connectivity index (χ3v) is 4.41. The molecule has 1 N–H and O–H groups in total. The standard InChI is InChI=1S/C16H20ClN3/c1-16(2)11-18-7-8-20(16)10-13-9-12-5-3-4-6-14(12)19-15(13)17/h3-6,9,18H,7-8,10-11H2,1-2H3. The minimum absolute atomic E-state index is 0.146. The molecule has 1 aliphatic heterocycles. The molecule has 0 atom stereocenters. The molecule has 0 amide bonds. The molecule has 2 heterocycles. The van der Waals surface area contributed by atoms with E-state index in [0.29, 0.717) is 5.15 Å². The molecule has 0 radical (unpaired) electrons. The first-order valence-electron chi connectivity index (χ1n) is 7.06. The molecular formula is C16H20ClN3. The first-order valence-corrected chi connectivity index (χ1v) is 7.44. The van der Waals surface area contributed by atoms with Gasteiger partial charge in [-0.15, -0.1) is 0 Å². The number of nitrogens with one attached hydrogen (secondary N) is 1. The topological polar surface area (TPSA) is 28.2 Å². The van der Waals surface area contributed by atoms with Gasteiger partial charge in [-0.25, -0.2) is 4.98 Å². The van der Waals surface area contributed by atoms with Crippen LogP contribution in [0.5, 0.6) is 0 Å². The summed E-state index contributed by atoms with van der Waals surface area (Å²) in [7, 11) is 0. The summed E-state index contributed by atoms with van der Waals surface area (Å²) in [6, 6.07) is 10.3. The van der Waals surface area contributed by atoms with Crippen LogP contribution in [0, 0.1) is 0 Å². The fourth-order valence-electron chi connectivity index (χ4n) is 2.77. The van der Waals surface area contributed by atoms with Crippen LogP contribution in [0.2, 0.25) is 5.15 Å². The summed E-state index contributed by atoms with van der Waals surface area (Å²) in [5.74, 6) is 0. The minimum Gasteiger partial charge on any atom is -0.314 e. The van der Waals surface area contributed by atoms with Crippen LogP contribution < -0.4 is 5.32 Å². The number of hydrogen-bond donors (Lipinski definition) is 1. The van der Waals surface area contributed by atoms with E-state index in [4.69, 9.17) is 11.6 Å². The summed E-state index contributed by atoms with van der Waals surface area (Å²) in [4.78, 5) is 6.99. The summed E-state index contributed by atoms with van der Waals surface area (Å²) in [5.41, 5.74) is 2.22. The third kappa shape index (κ3) is 2.66. The number of halogens is 1. The number of nitrogens with zero attached hydrogens (tertiary/aromatic N) is 2. The number of pyridine rings is 1. The van der Waals surface area contributed by atoms with Crippen molar-refractivity contribution in [3.8, 4) is 0 Å². The number of benzene rings is 1. The lowest BCUT2D eigenvalue weighted by Gasteiger charge is -2.43.